The molecule has 2 rings (SSSR count). The molecule has 0 spiro atoms. The molecule has 5 nitrogen and oxygen atoms in total. The highest BCUT2D eigenvalue weighted by Gasteiger charge is 2.27. The van der Waals surface area contributed by atoms with Crippen LogP contribution in [0.25, 0.3) is 0 Å². The fourth-order valence-corrected chi connectivity index (χ4v) is 1.94. The average Bonchev–Trinajstić information content (AvgIpc) is 2.66. The molecule has 0 aliphatic carbocycles. The van der Waals surface area contributed by atoms with E-state index in [4.69, 9.17) is 5.73 Å². The van der Waals surface area contributed by atoms with Gasteiger partial charge in [-0.2, -0.15) is 13.2 Å². The van der Waals surface area contributed by atoms with Crippen LogP contribution in [-0.2, 0) is 24.1 Å². The van der Waals surface area contributed by atoms with Gasteiger partial charge in [0.2, 0.25) is 0 Å². The Morgan fingerprint density at radius 2 is 2.17 bits per heavy atom. The zero-order valence-electron chi connectivity index (χ0n) is 9.78. The molecular formula is C10H15F3N4O. The molecule has 0 amide bonds. The highest BCUT2D eigenvalue weighted by molar-refractivity contribution is 5.01. The van der Waals surface area contributed by atoms with Gasteiger partial charge in [0.05, 0.1) is 6.61 Å². The van der Waals surface area contributed by atoms with E-state index in [2.05, 4.69) is 14.9 Å². The van der Waals surface area contributed by atoms with Crippen LogP contribution >= 0.6 is 0 Å². The lowest BCUT2D eigenvalue weighted by Crippen LogP contribution is -2.33. The number of hydrogen-bond acceptors (Lipinski definition) is 4. The third kappa shape index (κ3) is 3.42. The van der Waals surface area contributed by atoms with E-state index in [0.717, 1.165) is 18.7 Å². The molecule has 0 saturated carbocycles. The molecule has 0 aromatic carbocycles. The van der Waals surface area contributed by atoms with Crippen molar-refractivity contribution in [1.82, 2.24) is 14.8 Å². The molecular weight excluding hydrogens is 249 g/mol. The number of rotatable bonds is 4. The van der Waals surface area contributed by atoms with Crippen LogP contribution < -0.4 is 5.73 Å². The second-order valence-electron chi connectivity index (χ2n) is 4.36. The summed E-state index contributed by atoms with van der Waals surface area (Å²) < 4.78 is 42.0. The van der Waals surface area contributed by atoms with E-state index in [1.54, 1.807) is 0 Å². The molecule has 1 aromatic heterocycles. The van der Waals surface area contributed by atoms with Gasteiger partial charge in [0.1, 0.15) is 18.3 Å². The number of ether oxygens (including phenoxy) is 1. The zero-order valence-corrected chi connectivity index (χ0v) is 9.78. The SMILES string of the molecule is NC1CCc2nnc(CCOCC(F)(F)F)n2C1. The second-order valence-corrected chi connectivity index (χ2v) is 4.36. The van der Waals surface area contributed by atoms with Gasteiger partial charge in [-0.1, -0.05) is 0 Å². The topological polar surface area (TPSA) is 66.0 Å². The first-order valence-electron chi connectivity index (χ1n) is 5.77. The maximum Gasteiger partial charge on any atom is 0.411 e. The molecule has 2 heterocycles. The van der Waals surface area contributed by atoms with E-state index in [9.17, 15) is 13.2 Å². The minimum absolute atomic E-state index is 0.0210. The molecule has 0 radical (unpaired) electrons. The summed E-state index contributed by atoms with van der Waals surface area (Å²) in [5, 5.41) is 7.96. The van der Waals surface area contributed by atoms with Gasteiger partial charge in [-0.3, -0.25) is 0 Å². The van der Waals surface area contributed by atoms with Gasteiger partial charge < -0.3 is 15.0 Å². The second kappa shape index (κ2) is 5.23. The van der Waals surface area contributed by atoms with Crippen molar-refractivity contribution in [1.29, 1.82) is 0 Å². The monoisotopic (exact) mass is 264 g/mol. The Morgan fingerprint density at radius 1 is 1.39 bits per heavy atom. The molecule has 0 fully saturated rings. The Kier molecular flexibility index (Phi) is 3.86. The number of fused-ring (bicyclic) bond motifs is 1. The van der Waals surface area contributed by atoms with Crippen LogP contribution in [0.3, 0.4) is 0 Å². The lowest BCUT2D eigenvalue weighted by Gasteiger charge is -2.20. The number of alkyl halides is 3. The zero-order chi connectivity index (χ0) is 13.2. The largest absolute Gasteiger partial charge is 0.411 e. The molecule has 1 aromatic rings. The first-order valence-corrected chi connectivity index (χ1v) is 5.77. The Bertz CT molecular complexity index is 404. The normalized spacial score (nSPS) is 19.9. The van der Waals surface area contributed by atoms with E-state index >= 15 is 0 Å². The summed E-state index contributed by atoms with van der Waals surface area (Å²) in [5.41, 5.74) is 5.83. The van der Waals surface area contributed by atoms with Crippen molar-refractivity contribution in [2.45, 2.75) is 38.0 Å². The summed E-state index contributed by atoms with van der Waals surface area (Å²) in [6.07, 6.45) is -2.34. The first-order chi connectivity index (χ1) is 8.46. The van der Waals surface area contributed by atoms with Crippen LogP contribution in [0, 0.1) is 0 Å². The van der Waals surface area contributed by atoms with Gasteiger partial charge in [0.15, 0.2) is 0 Å². The van der Waals surface area contributed by atoms with Crippen molar-refractivity contribution in [2.24, 2.45) is 5.73 Å². The van der Waals surface area contributed by atoms with Crippen LogP contribution in [-0.4, -0.2) is 40.2 Å². The van der Waals surface area contributed by atoms with Gasteiger partial charge in [-0.05, 0) is 6.42 Å². The lowest BCUT2D eigenvalue weighted by atomic mass is 10.1. The third-order valence-corrected chi connectivity index (χ3v) is 2.80. The summed E-state index contributed by atoms with van der Waals surface area (Å²) in [7, 11) is 0. The maximum absolute atomic E-state index is 11.9. The molecule has 1 unspecified atom stereocenters. The number of aromatic nitrogens is 3. The predicted octanol–water partition coefficient (Wildman–Crippen LogP) is 0.673. The summed E-state index contributed by atoms with van der Waals surface area (Å²) >= 11 is 0. The molecule has 18 heavy (non-hydrogen) atoms. The van der Waals surface area contributed by atoms with Crippen LogP contribution in [0.2, 0.25) is 0 Å². The van der Waals surface area contributed by atoms with E-state index in [1.807, 2.05) is 4.57 Å². The lowest BCUT2D eigenvalue weighted by molar-refractivity contribution is -0.173. The first kappa shape index (κ1) is 13.3. The van der Waals surface area contributed by atoms with Crippen molar-refractivity contribution in [2.75, 3.05) is 13.2 Å². The molecule has 2 N–H and O–H groups in total. The molecule has 0 bridgehead atoms. The molecule has 102 valence electrons. The summed E-state index contributed by atoms with van der Waals surface area (Å²) in [5.74, 6) is 1.49. The van der Waals surface area contributed by atoms with E-state index in [1.165, 1.54) is 0 Å². The standard InChI is InChI=1S/C10H15F3N4O/c11-10(12,13)6-18-4-3-9-16-15-8-2-1-7(14)5-17(8)9/h7H,1-6,14H2. The quantitative estimate of drug-likeness (QED) is 0.812. The van der Waals surface area contributed by atoms with Gasteiger partial charge >= 0.3 is 6.18 Å². The fourth-order valence-electron chi connectivity index (χ4n) is 1.94. The number of aryl methyl sites for hydroxylation is 1. The van der Waals surface area contributed by atoms with Crippen LogP contribution in [0.4, 0.5) is 13.2 Å². The maximum atomic E-state index is 11.9. The van der Waals surface area contributed by atoms with Crippen LogP contribution in [0.5, 0.6) is 0 Å². The van der Waals surface area contributed by atoms with E-state index in [0.29, 0.717) is 18.8 Å². The Morgan fingerprint density at radius 3 is 2.89 bits per heavy atom. The third-order valence-electron chi connectivity index (χ3n) is 2.80. The smallest absolute Gasteiger partial charge is 0.372 e. The Balaban J connectivity index is 1.85. The van der Waals surface area contributed by atoms with E-state index in [-0.39, 0.29) is 12.6 Å². The van der Waals surface area contributed by atoms with Gasteiger partial charge in [0.25, 0.3) is 0 Å². The molecule has 0 saturated heterocycles. The van der Waals surface area contributed by atoms with Gasteiger partial charge in [0, 0.05) is 25.4 Å². The minimum atomic E-state index is -4.29. The summed E-state index contributed by atoms with van der Waals surface area (Å²) in [6, 6.07) is 0.0587. The fraction of sp³-hybridized carbons (Fsp3) is 0.800. The Labute approximate surface area is 102 Å². The number of hydrogen-bond donors (Lipinski definition) is 1. The average molecular weight is 264 g/mol. The number of halogens is 3. The van der Waals surface area contributed by atoms with Crippen molar-refractivity contribution in [3.63, 3.8) is 0 Å². The van der Waals surface area contributed by atoms with Crippen LogP contribution in [0.1, 0.15) is 18.1 Å². The number of nitrogens with zero attached hydrogens (tertiary/aromatic N) is 3. The van der Waals surface area contributed by atoms with Crippen molar-refractivity contribution >= 4 is 0 Å². The minimum Gasteiger partial charge on any atom is -0.372 e. The van der Waals surface area contributed by atoms with Crippen molar-refractivity contribution < 1.29 is 17.9 Å². The Hall–Kier alpha value is -1.15. The molecule has 8 heteroatoms. The molecule has 1 atom stereocenters. The van der Waals surface area contributed by atoms with Gasteiger partial charge in [-0.15, -0.1) is 10.2 Å². The van der Waals surface area contributed by atoms with Crippen molar-refractivity contribution in [3.8, 4) is 0 Å². The predicted molar refractivity (Wildman–Crippen MR) is 56.9 cm³/mol. The van der Waals surface area contributed by atoms with Gasteiger partial charge in [-0.25, -0.2) is 0 Å². The molecule has 1 aliphatic heterocycles. The summed E-state index contributed by atoms with van der Waals surface area (Å²) in [4.78, 5) is 0. The highest BCUT2D eigenvalue weighted by atomic mass is 19.4. The van der Waals surface area contributed by atoms with Crippen molar-refractivity contribution in [3.05, 3.63) is 11.6 Å². The highest BCUT2D eigenvalue weighted by Crippen LogP contribution is 2.16. The molecule has 1 aliphatic rings. The number of nitrogens with two attached hydrogens (primary N) is 1. The van der Waals surface area contributed by atoms with Crippen LogP contribution in [0.15, 0.2) is 0 Å². The summed E-state index contributed by atoms with van der Waals surface area (Å²) in [6.45, 7) is -0.628. The van der Waals surface area contributed by atoms with E-state index < -0.39 is 12.8 Å².